The molecule has 0 saturated carbocycles. The molecule has 0 N–H and O–H groups in total. The van der Waals surface area contributed by atoms with E-state index in [0.29, 0.717) is 12.0 Å². The van der Waals surface area contributed by atoms with Gasteiger partial charge in [0.05, 0.1) is 6.54 Å². The topological polar surface area (TPSA) is 45.4 Å². The molecule has 2 saturated heterocycles. The summed E-state index contributed by atoms with van der Waals surface area (Å²) in [6.45, 7) is 8.47. The summed E-state index contributed by atoms with van der Waals surface area (Å²) in [6, 6.07) is 9.35. The molecular formula is C19H26N4O. The molecular weight excluding hydrogens is 300 g/mol. The van der Waals surface area contributed by atoms with Gasteiger partial charge in [-0.15, -0.1) is 0 Å². The van der Waals surface area contributed by atoms with Crippen molar-refractivity contribution in [3.8, 4) is 0 Å². The molecule has 1 aromatic carbocycles. The lowest BCUT2D eigenvalue weighted by Gasteiger charge is -2.27. The summed E-state index contributed by atoms with van der Waals surface area (Å²) >= 11 is 0. The molecule has 0 bridgehead atoms. The van der Waals surface area contributed by atoms with Gasteiger partial charge in [-0.05, 0) is 36.9 Å². The molecule has 3 atom stereocenters. The van der Waals surface area contributed by atoms with Gasteiger partial charge < -0.3 is 4.52 Å². The Kier molecular flexibility index (Phi) is 4.14. The molecule has 0 radical (unpaired) electrons. The van der Waals surface area contributed by atoms with Crippen LogP contribution >= 0.6 is 0 Å². The third-order valence-corrected chi connectivity index (χ3v) is 5.66. The molecule has 0 spiro atoms. The van der Waals surface area contributed by atoms with Gasteiger partial charge in [-0.25, -0.2) is 0 Å². The number of rotatable bonds is 4. The zero-order valence-electron chi connectivity index (χ0n) is 14.8. The minimum absolute atomic E-state index is 0.523. The summed E-state index contributed by atoms with van der Waals surface area (Å²) in [4.78, 5) is 9.49. The lowest BCUT2D eigenvalue weighted by molar-refractivity contribution is 0.207. The lowest BCUT2D eigenvalue weighted by atomic mass is 9.88. The van der Waals surface area contributed by atoms with Crippen LogP contribution in [0.15, 0.2) is 28.8 Å². The van der Waals surface area contributed by atoms with Crippen molar-refractivity contribution in [3.05, 3.63) is 47.1 Å². The van der Waals surface area contributed by atoms with Crippen molar-refractivity contribution in [2.75, 3.05) is 26.7 Å². The zero-order valence-corrected chi connectivity index (χ0v) is 14.8. The number of aryl methyl sites for hydroxylation is 2. The van der Waals surface area contributed by atoms with Crippen LogP contribution in [-0.4, -0.2) is 46.6 Å². The molecule has 0 amide bonds. The molecule has 3 heterocycles. The summed E-state index contributed by atoms with van der Waals surface area (Å²) < 4.78 is 5.38. The lowest BCUT2D eigenvalue weighted by Crippen LogP contribution is -2.29. The van der Waals surface area contributed by atoms with Gasteiger partial charge in [0.2, 0.25) is 5.89 Å². The second-order valence-electron chi connectivity index (χ2n) is 7.32. The van der Waals surface area contributed by atoms with E-state index in [2.05, 4.69) is 65.1 Å². The number of hydrogen-bond donors (Lipinski definition) is 0. The van der Waals surface area contributed by atoms with Gasteiger partial charge in [-0.3, -0.25) is 9.80 Å². The van der Waals surface area contributed by atoms with E-state index >= 15 is 0 Å². The predicted molar refractivity (Wildman–Crippen MR) is 92.5 cm³/mol. The third-order valence-electron chi connectivity index (χ3n) is 5.66. The van der Waals surface area contributed by atoms with Crippen LogP contribution in [0.5, 0.6) is 0 Å². The Bertz CT molecular complexity index is 713. The first kappa shape index (κ1) is 15.8. The molecule has 0 aliphatic carbocycles. The van der Waals surface area contributed by atoms with Crippen molar-refractivity contribution in [2.45, 2.75) is 32.9 Å². The largest absolute Gasteiger partial charge is 0.338 e. The van der Waals surface area contributed by atoms with Crippen LogP contribution < -0.4 is 0 Å². The Hall–Kier alpha value is -1.72. The smallest absolute Gasteiger partial charge is 0.240 e. The Balaban J connectivity index is 1.49. The number of nitrogens with zero attached hydrogens (tertiary/aromatic N) is 4. The van der Waals surface area contributed by atoms with Crippen molar-refractivity contribution in [1.29, 1.82) is 0 Å². The standard InChI is InChI=1S/C19H26N4O/c1-4-17-20-18(24-21-17)12-23-10-14-9-22(3)19(16(14)11-23)15-8-6-5-7-13(15)2/h5-8,14,16,19H,4,9-12H2,1-3H3/t14-,16+,19+/m0/s1. The van der Waals surface area contributed by atoms with Crippen molar-refractivity contribution in [3.63, 3.8) is 0 Å². The summed E-state index contributed by atoms with van der Waals surface area (Å²) in [6.07, 6.45) is 0.828. The number of likely N-dealkylation sites (tertiary alicyclic amines) is 2. The van der Waals surface area contributed by atoms with E-state index in [4.69, 9.17) is 4.52 Å². The SMILES string of the molecule is CCc1noc(CN2C[C@@H]3CN(C)[C@H](c4ccccc4C)[C@@H]3C2)n1. The quantitative estimate of drug-likeness (QED) is 0.864. The summed E-state index contributed by atoms with van der Waals surface area (Å²) in [5.41, 5.74) is 2.89. The number of fused-ring (bicyclic) bond motifs is 1. The highest BCUT2D eigenvalue weighted by molar-refractivity contribution is 5.31. The third kappa shape index (κ3) is 2.76. The maximum Gasteiger partial charge on any atom is 0.240 e. The van der Waals surface area contributed by atoms with Crippen LogP contribution in [0.2, 0.25) is 0 Å². The fourth-order valence-corrected chi connectivity index (χ4v) is 4.55. The maximum atomic E-state index is 5.38. The molecule has 128 valence electrons. The van der Waals surface area contributed by atoms with Crippen LogP contribution in [-0.2, 0) is 13.0 Å². The molecule has 2 aliphatic rings. The normalized spacial score (nSPS) is 27.7. The molecule has 4 rings (SSSR count). The predicted octanol–water partition coefficient (Wildman–Crippen LogP) is 2.68. The van der Waals surface area contributed by atoms with Crippen molar-refractivity contribution in [2.24, 2.45) is 11.8 Å². The van der Waals surface area contributed by atoms with E-state index in [-0.39, 0.29) is 0 Å². The molecule has 5 heteroatoms. The van der Waals surface area contributed by atoms with E-state index in [1.54, 1.807) is 0 Å². The van der Waals surface area contributed by atoms with Crippen LogP contribution in [0.25, 0.3) is 0 Å². The Morgan fingerprint density at radius 3 is 2.79 bits per heavy atom. The Morgan fingerprint density at radius 1 is 1.21 bits per heavy atom. The first-order chi connectivity index (χ1) is 11.7. The Morgan fingerprint density at radius 2 is 2.04 bits per heavy atom. The number of aromatic nitrogens is 2. The van der Waals surface area contributed by atoms with E-state index < -0.39 is 0 Å². The molecule has 0 unspecified atom stereocenters. The van der Waals surface area contributed by atoms with Crippen molar-refractivity contribution in [1.82, 2.24) is 19.9 Å². The fourth-order valence-electron chi connectivity index (χ4n) is 4.55. The van der Waals surface area contributed by atoms with Crippen LogP contribution in [0.3, 0.4) is 0 Å². The van der Waals surface area contributed by atoms with Crippen LogP contribution in [0.1, 0.15) is 35.8 Å². The van der Waals surface area contributed by atoms with Gasteiger partial charge in [0.25, 0.3) is 0 Å². The minimum atomic E-state index is 0.523. The van der Waals surface area contributed by atoms with Gasteiger partial charge in [-0.1, -0.05) is 36.3 Å². The van der Waals surface area contributed by atoms with Crippen molar-refractivity contribution >= 4 is 0 Å². The van der Waals surface area contributed by atoms with E-state index in [9.17, 15) is 0 Å². The maximum absolute atomic E-state index is 5.38. The Labute approximate surface area is 143 Å². The number of benzene rings is 1. The minimum Gasteiger partial charge on any atom is -0.338 e. The number of hydrogen-bond acceptors (Lipinski definition) is 5. The highest BCUT2D eigenvalue weighted by atomic mass is 16.5. The van der Waals surface area contributed by atoms with Crippen LogP contribution in [0.4, 0.5) is 0 Å². The fraction of sp³-hybridized carbons (Fsp3) is 0.579. The van der Waals surface area contributed by atoms with Crippen molar-refractivity contribution < 1.29 is 4.52 Å². The summed E-state index contributed by atoms with van der Waals surface area (Å²) in [5.74, 6) is 2.98. The highest BCUT2D eigenvalue weighted by Crippen LogP contribution is 2.44. The highest BCUT2D eigenvalue weighted by Gasteiger charge is 2.46. The van der Waals surface area contributed by atoms with Crippen LogP contribution in [0, 0.1) is 18.8 Å². The summed E-state index contributed by atoms with van der Waals surface area (Å²) in [7, 11) is 2.27. The zero-order chi connectivity index (χ0) is 16.7. The molecule has 2 fully saturated rings. The van der Waals surface area contributed by atoms with Gasteiger partial charge in [0, 0.05) is 32.1 Å². The van der Waals surface area contributed by atoms with Gasteiger partial charge in [0.1, 0.15) is 0 Å². The van der Waals surface area contributed by atoms with Gasteiger partial charge >= 0.3 is 0 Å². The molecule has 24 heavy (non-hydrogen) atoms. The average molecular weight is 326 g/mol. The van der Waals surface area contributed by atoms with E-state index in [1.165, 1.54) is 17.7 Å². The van der Waals surface area contributed by atoms with Gasteiger partial charge in [-0.2, -0.15) is 4.98 Å². The first-order valence-electron chi connectivity index (χ1n) is 8.95. The second-order valence-corrected chi connectivity index (χ2v) is 7.32. The molecule has 5 nitrogen and oxygen atoms in total. The first-order valence-corrected chi connectivity index (χ1v) is 8.95. The molecule has 2 aliphatic heterocycles. The van der Waals surface area contributed by atoms with E-state index in [1.807, 2.05) is 0 Å². The molecule has 1 aromatic heterocycles. The average Bonchev–Trinajstić information content (AvgIpc) is 3.23. The summed E-state index contributed by atoms with van der Waals surface area (Å²) in [5, 5.41) is 4.01. The van der Waals surface area contributed by atoms with Gasteiger partial charge in [0.15, 0.2) is 5.82 Å². The molecule has 2 aromatic rings. The van der Waals surface area contributed by atoms with E-state index in [0.717, 1.165) is 43.7 Å². The monoisotopic (exact) mass is 326 g/mol. The second kappa shape index (κ2) is 6.30.